The van der Waals surface area contributed by atoms with E-state index in [9.17, 15) is 4.79 Å². The second kappa shape index (κ2) is 4.31. The van der Waals surface area contributed by atoms with Crippen LogP contribution in [-0.2, 0) is 4.74 Å². The highest BCUT2D eigenvalue weighted by Gasteiger charge is 2.14. The molecule has 0 radical (unpaired) electrons. The molecule has 0 aliphatic carbocycles. The molecule has 0 unspecified atom stereocenters. The van der Waals surface area contributed by atoms with Crippen molar-refractivity contribution in [2.24, 2.45) is 0 Å². The van der Waals surface area contributed by atoms with Gasteiger partial charge >= 0.3 is 5.97 Å². The molecule has 0 aliphatic heterocycles. The highest BCUT2D eigenvalue weighted by molar-refractivity contribution is 7.21. The maximum absolute atomic E-state index is 11.4. The van der Waals surface area contributed by atoms with E-state index < -0.39 is 0 Å². The first-order chi connectivity index (χ1) is 7.67. The summed E-state index contributed by atoms with van der Waals surface area (Å²) in [5.41, 5.74) is 0. The van der Waals surface area contributed by atoms with Crippen molar-refractivity contribution in [3.05, 3.63) is 28.1 Å². The van der Waals surface area contributed by atoms with Crippen molar-refractivity contribution in [1.29, 1.82) is 0 Å². The molecule has 3 nitrogen and oxygen atoms in total. The van der Waals surface area contributed by atoms with Gasteiger partial charge in [-0.25, -0.2) is 4.79 Å². The van der Waals surface area contributed by atoms with E-state index in [2.05, 4.69) is 4.74 Å². The Kier molecular flexibility index (Phi) is 3.03. The number of ether oxygens (including phenoxy) is 2. The van der Waals surface area contributed by atoms with Gasteiger partial charge in [-0.05, 0) is 17.5 Å². The number of fused-ring (bicyclic) bond motifs is 1. The summed E-state index contributed by atoms with van der Waals surface area (Å²) in [6.45, 7) is 0. The average molecular weight is 257 g/mol. The third kappa shape index (κ3) is 1.74. The Morgan fingerprint density at radius 3 is 2.75 bits per heavy atom. The summed E-state index contributed by atoms with van der Waals surface area (Å²) in [6, 6.07) is 5.37. The van der Waals surface area contributed by atoms with Crippen LogP contribution in [0.3, 0.4) is 0 Å². The minimum Gasteiger partial charge on any atom is -0.494 e. The quantitative estimate of drug-likeness (QED) is 0.773. The van der Waals surface area contributed by atoms with E-state index in [1.54, 1.807) is 19.2 Å². The van der Waals surface area contributed by atoms with E-state index in [4.69, 9.17) is 16.3 Å². The lowest BCUT2D eigenvalue weighted by atomic mass is 10.2. The Hall–Kier alpha value is -1.26. The van der Waals surface area contributed by atoms with Gasteiger partial charge in [0.1, 0.15) is 4.88 Å². The molecule has 84 valence electrons. The van der Waals surface area contributed by atoms with E-state index in [0.29, 0.717) is 15.6 Å². The third-order valence-electron chi connectivity index (χ3n) is 2.18. The smallest absolute Gasteiger partial charge is 0.348 e. The Morgan fingerprint density at radius 2 is 2.12 bits per heavy atom. The van der Waals surface area contributed by atoms with E-state index in [0.717, 1.165) is 10.1 Å². The lowest BCUT2D eigenvalue weighted by Gasteiger charge is -2.02. The van der Waals surface area contributed by atoms with Crippen molar-refractivity contribution < 1.29 is 14.3 Å². The summed E-state index contributed by atoms with van der Waals surface area (Å²) in [5.74, 6) is 0.249. The van der Waals surface area contributed by atoms with Crippen LogP contribution in [-0.4, -0.2) is 20.2 Å². The number of carbonyl (C=O) groups is 1. The first kappa shape index (κ1) is 11.2. The summed E-state index contributed by atoms with van der Waals surface area (Å²) in [6.07, 6.45) is 0. The lowest BCUT2D eigenvalue weighted by Crippen LogP contribution is -1.96. The van der Waals surface area contributed by atoms with Crippen molar-refractivity contribution in [3.63, 3.8) is 0 Å². The summed E-state index contributed by atoms with van der Waals surface area (Å²) in [7, 11) is 2.91. The van der Waals surface area contributed by atoms with E-state index >= 15 is 0 Å². The van der Waals surface area contributed by atoms with Crippen molar-refractivity contribution in [2.45, 2.75) is 0 Å². The Labute approximate surface area is 102 Å². The number of hydrogen-bond donors (Lipinski definition) is 0. The SMILES string of the molecule is COC(=O)c1cc2ccc(Cl)c(OC)c2s1. The van der Waals surface area contributed by atoms with Crippen LogP contribution in [0.15, 0.2) is 18.2 Å². The fraction of sp³-hybridized carbons (Fsp3) is 0.182. The maximum atomic E-state index is 11.4. The van der Waals surface area contributed by atoms with Crippen LogP contribution in [0.2, 0.25) is 5.02 Å². The summed E-state index contributed by atoms with van der Waals surface area (Å²) in [4.78, 5) is 11.9. The maximum Gasteiger partial charge on any atom is 0.348 e. The number of esters is 1. The van der Waals surface area contributed by atoms with Gasteiger partial charge in [0.25, 0.3) is 0 Å². The normalized spacial score (nSPS) is 10.4. The molecule has 0 atom stereocenters. The van der Waals surface area contributed by atoms with Crippen LogP contribution in [0, 0.1) is 0 Å². The minimum absolute atomic E-state index is 0.348. The zero-order chi connectivity index (χ0) is 11.7. The highest BCUT2D eigenvalue weighted by atomic mass is 35.5. The molecule has 16 heavy (non-hydrogen) atoms. The molecule has 2 aromatic rings. The predicted molar refractivity (Wildman–Crippen MR) is 64.7 cm³/mol. The number of halogens is 1. The summed E-state index contributed by atoms with van der Waals surface area (Å²) < 4.78 is 10.7. The standard InChI is InChI=1S/C11H9ClO3S/c1-14-9-7(12)4-3-6-5-8(11(13)15-2)16-10(6)9/h3-5H,1-2H3. The molecule has 0 aliphatic rings. The van der Waals surface area contributed by atoms with Gasteiger partial charge in [-0.1, -0.05) is 17.7 Å². The lowest BCUT2D eigenvalue weighted by molar-refractivity contribution is 0.0606. The van der Waals surface area contributed by atoms with Gasteiger partial charge in [0.15, 0.2) is 5.75 Å². The average Bonchev–Trinajstić information content (AvgIpc) is 2.71. The van der Waals surface area contributed by atoms with Crippen molar-refractivity contribution in [3.8, 4) is 5.75 Å². The molecule has 1 heterocycles. The van der Waals surface area contributed by atoms with E-state index in [1.807, 2.05) is 6.07 Å². The minimum atomic E-state index is -0.348. The molecule has 1 aromatic carbocycles. The molecule has 0 saturated carbocycles. The number of methoxy groups -OCH3 is 2. The number of carbonyl (C=O) groups excluding carboxylic acids is 1. The fourth-order valence-electron chi connectivity index (χ4n) is 1.44. The molecule has 0 spiro atoms. The van der Waals surface area contributed by atoms with Crippen LogP contribution >= 0.6 is 22.9 Å². The van der Waals surface area contributed by atoms with E-state index in [1.165, 1.54) is 18.4 Å². The Bertz CT molecular complexity index is 547. The van der Waals surface area contributed by atoms with Gasteiger partial charge in [0.2, 0.25) is 0 Å². The van der Waals surface area contributed by atoms with Crippen molar-refractivity contribution >= 4 is 39.0 Å². The zero-order valence-electron chi connectivity index (χ0n) is 8.74. The van der Waals surface area contributed by atoms with Gasteiger partial charge in [0, 0.05) is 0 Å². The number of thiophene rings is 1. The number of rotatable bonds is 2. The molecule has 0 saturated heterocycles. The molecule has 5 heteroatoms. The molecule has 0 bridgehead atoms. The number of benzene rings is 1. The Morgan fingerprint density at radius 1 is 1.38 bits per heavy atom. The molecule has 1 aromatic heterocycles. The predicted octanol–water partition coefficient (Wildman–Crippen LogP) is 3.35. The van der Waals surface area contributed by atoms with Gasteiger partial charge in [0.05, 0.1) is 23.9 Å². The summed E-state index contributed by atoms with van der Waals surface area (Å²) in [5, 5.41) is 1.46. The van der Waals surface area contributed by atoms with Gasteiger partial charge in [-0.2, -0.15) is 0 Å². The largest absolute Gasteiger partial charge is 0.494 e. The van der Waals surface area contributed by atoms with Gasteiger partial charge < -0.3 is 9.47 Å². The van der Waals surface area contributed by atoms with Crippen LogP contribution in [0.1, 0.15) is 9.67 Å². The topological polar surface area (TPSA) is 35.5 Å². The molecular formula is C11H9ClO3S. The second-order valence-electron chi connectivity index (χ2n) is 3.10. The molecular weight excluding hydrogens is 248 g/mol. The Balaban J connectivity index is 2.65. The van der Waals surface area contributed by atoms with Crippen LogP contribution in [0.4, 0.5) is 0 Å². The summed E-state index contributed by atoms with van der Waals surface area (Å²) >= 11 is 7.30. The molecule has 0 amide bonds. The van der Waals surface area contributed by atoms with Crippen LogP contribution < -0.4 is 4.74 Å². The number of hydrogen-bond acceptors (Lipinski definition) is 4. The van der Waals surface area contributed by atoms with Crippen molar-refractivity contribution in [2.75, 3.05) is 14.2 Å². The highest BCUT2D eigenvalue weighted by Crippen LogP contribution is 2.38. The monoisotopic (exact) mass is 256 g/mol. The third-order valence-corrected chi connectivity index (χ3v) is 3.61. The van der Waals surface area contributed by atoms with Crippen LogP contribution in [0.25, 0.3) is 10.1 Å². The van der Waals surface area contributed by atoms with Gasteiger partial charge in [-0.15, -0.1) is 11.3 Å². The first-order valence-corrected chi connectivity index (χ1v) is 5.71. The molecule has 0 fully saturated rings. The second-order valence-corrected chi connectivity index (χ2v) is 4.56. The molecule has 0 N–H and O–H groups in total. The van der Waals surface area contributed by atoms with Gasteiger partial charge in [-0.3, -0.25) is 0 Å². The fourth-order valence-corrected chi connectivity index (χ4v) is 2.84. The molecule has 2 rings (SSSR count). The van der Waals surface area contributed by atoms with Crippen molar-refractivity contribution in [1.82, 2.24) is 0 Å². The zero-order valence-corrected chi connectivity index (χ0v) is 10.3. The van der Waals surface area contributed by atoms with Crippen LogP contribution in [0.5, 0.6) is 5.75 Å². The first-order valence-electron chi connectivity index (χ1n) is 4.51. The van der Waals surface area contributed by atoms with E-state index in [-0.39, 0.29) is 5.97 Å².